The van der Waals surface area contributed by atoms with E-state index in [1.54, 1.807) is 0 Å². The van der Waals surface area contributed by atoms with Crippen LogP contribution in [0.2, 0.25) is 5.28 Å². The normalized spacial score (nSPS) is 21.4. The van der Waals surface area contributed by atoms with E-state index < -0.39 is 9.84 Å². The molecule has 17 heavy (non-hydrogen) atoms. The summed E-state index contributed by atoms with van der Waals surface area (Å²) in [6.07, 6.45) is 3.32. The van der Waals surface area contributed by atoms with E-state index >= 15 is 0 Å². The summed E-state index contributed by atoms with van der Waals surface area (Å²) in [4.78, 5) is 7.43. The Morgan fingerprint density at radius 1 is 1.53 bits per heavy atom. The van der Waals surface area contributed by atoms with Crippen LogP contribution in [0.1, 0.15) is 12.8 Å². The van der Waals surface area contributed by atoms with Gasteiger partial charge in [0, 0.05) is 6.20 Å². The van der Waals surface area contributed by atoms with Crippen LogP contribution >= 0.6 is 11.6 Å². The zero-order valence-corrected chi connectivity index (χ0v) is 10.8. The fourth-order valence-corrected chi connectivity index (χ4v) is 3.72. The minimum absolute atomic E-state index is 0.0167. The lowest BCUT2D eigenvalue weighted by Gasteiger charge is -2.22. The summed E-state index contributed by atoms with van der Waals surface area (Å²) in [5.41, 5.74) is 0. The first-order valence-corrected chi connectivity index (χ1v) is 7.53. The summed E-state index contributed by atoms with van der Waals surface area (Å²) in [6, 6.07) is 1.39. The molecule has 1 aliphatic heterocycles. The van der Waals surface area contributed by atoms with Gasteiger partial charge in [0.05, 0.1) is 5.75 Å². The first kappa shape index (κ1) is 12.7. The topological polar surface area (TPSA) is 72.0 Å². The largest absolute Gasteiger partial charge is 0.316 e. The van der Waals surface area contributed by atoms with E-state index in [0.717, 1.165) is 25.9 Å². The molecule has 5 nitrogen and oxygen atoms in total. The van der Waals surface area contributed by atoms with Crippen LogP contribution in [-0.2, 0) is 9.84 Å². The van der Waals surface area contributed by atoms with Crippen molar-refractivity contribution in [3.8, 4) is 0 Å². The highest BCUT2D eigenvalue weighted by molar-refractivity contribution is 7.91. The van der Waals surface area contributed by atoms with Crippen LogP contribution < -0.4 is 5.32 Å². The molecule has 1 aromatic heterocycles. The molecule has 0 amide bonds. The van der Waals surface area contributed by atoms with Crippen LogP contribution in [0.3, 0.4) is 0 Å². The molecule has 0 unspecified atom stereocenters. The number of halogens is 1. The van der Waals surface area contributed by atoms with Gasteiger partial charge >= 0.3 is 0 Å². The van der Waals surface area contributed by atoms with Gasteiger partial charge in [0.25, 0.3) is 0 Å². The minimum atomic E-state index is -3.36. The second-order valence-electron chi connectivity index (χ2n) is 4.16. The van der Waals surface area contributed by atoms with Gasteiger partial charge in [-0.1, -0.05) is 0 Å². The molecule has 0 saturated carbocycles. The number of sulfone groups is 1. The minimum Gasteiger partial charge on any atom is -0.316 e. The number of rotatable bonds is 3. The molecule has 1 aliphatic rings. The van der Waals surface area contributed by atoms with Crippen LogP contribution in [0.15, 0.2) is 17.3 Å². The predicted molar refractivity (Wildman–Crippen MR) is 64.7 cm³/mol. The highest BCUT2D eigenvalue weighted by atomic mass is 35.5. The lowest BCUT2D eigenvalue weighted by molar-refractivity contribution is 0.403. The lowest BCUT2D eigenvalue weighted by atomic mass is 10.0. The van der Waals surface area contributed by atoms with E-state index in [-0.39, 0.29) is 22.0 Å². The van der Waals surface area contributed by atoms with Crippen molar-refractivity contribution < 1.29 is 8.42 Å². The first-order chi connectivity index (χ1) is 8.08. The van der Waals surface area contributed by atoms with Crippen LogP contribution in [0.5, 0.6) is 0 Å². The van der Waals surface area contributed by atoms with Crippen molar-refractivity contribution in [2.75, 3.05) is 18.8 Å². The maximum Gasteiger partial charge on any atom is 0.223 e. The molecule has 0 aliphatic carbocycles. The molecule has 2 heterocycles. The molecule has 7 heteroatoms. The summed E-state index contributed by atoms with van der Waals surface area (Å²) in [6.45, 7) is 1.72. The Hall–Kier alpha value is -0.720. The Morgan fingerprint density at radius 3 is 3.00 bits per heavy atom. The molecule has 1 fully saturated rings. The van der Waals surface area contributed by atoms with Crippen LogP contribution in [-0.4, -0.2) is 37.2 Å². The highest BCUT2D eigenvalue weighted by Crippen LogP contribution is 2.17. The fraction of sp³-hybridized carbons (Fsp3) is 0.600. The number of nitrogens with one attached hydrogen (secondary N) is 1. The summed E-state index contributed by atoms with van der Waals surface area (Å²) in [5.74, 6) is 0.273. The zero-order valence-electron chi connectivity index (χ0n) is 9.26. The van der Waals surface area contributed by atoms with Gasteiger partial charge in [0.15, 0.2) is 14.9 Å². The molecule has 0 aromatic carbocycles. The van der Waals surface area contributed by atoms with Gasteiger partial charge in [-0.2, -0.15) is 0 Å². The first-order valence-electron chi connectivity index (χ1n) is 5.50. The molecule has 2 rings (SSSR count). The van der Waals surface area contributed by atoms with E-state index in [1.807, 2.05) is 0 Å². The summed E-state index contributed by atoms with van der Waals surface area (Å²) >= 11 is 5.59. The standard InChI is InChI=1S/C10H14ClN3O2S/c11-10-13-5-3-9(14-10)17(15,16)7-8-2-1-4-12-6-8/h3,5,8,12H,1-2,4,6-7H2/t8-/m1/s1. The SMILES string of the molecule is O=S(=O)(C[C@@H]1CCCNC1)c1ccnc(Cl)n1. The van der Waals surface area contributed by atoms with Crippen LogP contribution in [0.25, 0.3) is 0 Å². The maximum atomic E-state index is 12.1. The van der Waals surface area contributed by atoms with Gasteiger partial charge in [0.2, 0.25) is 5.28 Å². The molecular formula is C10H14ClN3O2S. The maximum absolute atomic E-state index is 12.1. The van der Waals surface area contributed by atoms with Crippen molar-refractivity contribution in [1.29, 1.82) is 0 Å². The Bertz CT molecular complexity index is 486. The van der Waals surface area contributed by atoms with Gasteiger partial charge in [-0.25, -0.2) is 18.4 Å². The second-order valence-corrected chi connectivity index (χ2v) is 6.48. The molecule has 94 valence electrons. The third-order valence-corrected chi connectivity index (χ3v) is 4.73. The van der Waals surface area contributed by atoms with Gasteiger partial charge in [0.1, 0.15) is 0 Å². The lowest BCUT2D eigenvalue weighted by Crippen LogP contribution is -2.34. The molecule has 1 N–H and O–H groups in total. The van der Waals surface area contributed by atoms with Gasteiger partial charge in [-0.05, 0) is 49.5 Å². The number of nitrogens with zero attached hydrogens (tertiary/aromatic N) is 2. The highest BCUT2D eigenvalue weighted by Gasteiger charge is 2.24. The summed E-state index contributed by atoms with van der Waals surface area (Å²) < 4.78 is 24.2. The van der Waals surface area contributed by atoms with Crippen molar-refractivity contribution in [3.05, 3.63) is 17.5 Å². The third-order valence-electron chi connectivity index (χ3n) is 2.77. The molecule has 0 radical (unpaired) electrons. The van der Waals surface area contributed by atoms with E-state index in [9.17, 15) is 8.42 Å². The summed E-state index contributed by atoms with van der Waals surface area (Å²) in [7, 11) is -3.36. The van der Waals surface area contributed by atoms with E-state index in [0.29, 0.717) is 0 Å². The molecule has 0 spiro atoms. The average Bonchev–Trinajstić information content (AvgIpc) is 2.30. The fourth-order valence-electron chi connectivity index (χ4n) is 1.95. The van der Waals surface area contributed by atoms with E-state index in [2.05, 4.69) is 15.3 Å². The molecule has 1 saturated heterocycles. The van der Waals surface area contributed by atoms with Crippen LogP contribution in [0, 0.1) is 5.92 Å². The molecule has 0 bridgehead atoms. The van der Waals surface area contributed by atoms with Gasteiger partial charge < -0.3 is 5.32 Å². The third kappa shape index (κ3) is 3.37. The molecular weight excluding hydrogens is 262 g/mol. The van der Waals surface area contributed by atoms with E-state index in [1.165, 1.54) is 12.3 Å². The van der Waals surface area contributed by atoms with Crippen LogP contribution in [0.4, 0.5) is 0 Å². The van der Waals surface area contributed by atoms with Crippen molar-refractivity contribution in [2.24, 2.45) is 5.92 Å². The molecule has 1 atom stereocenters. The Balaban J connectivity index is 2.13. The average molecular weight is 276 g/mol. The van der Waals surface area contributed by atoms with Crippen molar-refractivity contribution >= 4 is 21.4 Å². The number of piperidine rings is 1. The smallest absolute Gasteiger partial charge is 0.223 e. The molecule has 1 aromatic rings. The number of aromatic nitrogens is 2. The predicted octanol–water partition coefficient (Wildman–Crippen LogP) is 0.903. The number of hydrogen-bond donors (Lipinski definition) is 1. The summed E-state index contributed by atoms with van der Waals surface area (Å²) in [5, 5.41) is 3.18. The Morgan fingerprint density at radius 2 is 2.35 bits per heavy atom. The Kier molecular flexibility index (Phi) is 3.96. The second kappa shape index (κ2) is 5.29. The monoisotopic (exact) mass is 275 g/mol. The van der Waals surface area contributed by atoms with Crippen molar-refractivity contribution in [3.63, 3.8) is 0 Å². The Labute approximate surface area is 106 Å². The van der Waals surface area contributed by atoms with Crippen molar-refractivity contribution in [1.82, 2.24) is 15.3 Å². The van der Waals surface area contributed by atoms with Gasteiger partial charge in [-0.3, -0.25) is 0 Å². The quantitative estimate of drug-likeness (QED) is 0.656. The number of hydrogen-bond acceptors (Lipinski definition) is 5. The zero-order chi connectivity index (χ0) is 12.3. The van der Waals surface area contributed by atoms with Gasteiger partial charge in [-0.15, -0.1) is 0 Å². The van der Waals surface area contributed by atoms with Crippen molar-refractivity contribution in [2.45, 2.75) is 17.9 Å². The van der Waals surface area contributed by atoms with E-state index in [4.69, 9.17) is 11.6 Å².